The molecule has 0 unspecified atom stereocenters. The van der Waals surface area contributed by atoms with Crippen molar-refractivity contribution in [2.75, 3.05) is 24.4 Å². The van der Waals surface area contributed by atoms with Crippen LogP contribution in [-0.2, 0) is 4.74 Å². The Morgan fingerprint density at radius 2 is 1.86 bits per heavy atom. The van der Waals surface area contributed by atoms with Crippen LogP contribution in [0.4, 0.5) is 11.8 Å². The van der Waals surface area contributed by atoms with E-state index in [-0.39, 0.29) is 12.0 Å². The number of fused-ring (bicyclic) bond motifs is 1. The number of benzene rings is 1. The number of aryl methyl sites for hydroxylation is 2. The molecule has 0 amide bonds. The van der Waals surface area contributed by atoms with Crippen LogP contribution in [0.25, 0.3) is 20.8 Å². The van der Waals surface area contributed by atoms with E-state index >= 15 is 0 Å². The summed E-state index contributed by atoms with van der Waals surface area (Å²) in [5, 5.41) is 29.0. The minimum atomic E-state index is -0.953. The molecule has 37 heavy (non-hydrogen) atoms. The number of aliphatic hydroxyl groups is 2. The van der Waals surface area contributed by atoms with Gasteiger partial charge in [0.25, 0.3) is 0 Å². The molecule has 1 aliphatic rings. The monoisotopic (exact) mass is 520 g/mol. The zero-order valence-electron chi connectivity index (χ0n) is 21.3. The van der Waals surface area contributed by atoms with Crippen LogP contribution in [0.1, 0.15) is 36.2 Å². The van der Waals surface area contributed by atoms with Crippen molar-refractivity contribution in [1.29, 1.82) is 0 Å². The molecule has 1 aliphatic carbocycles. The first kappa shape index (κ1) is 25.5. The molecule has 3 aromatic heterocycles. The standard InChI is InChI=1S/C27H32N6O3S/c1-14-5-7-17(8-6-14)15(2)29-27-30-16(3)22(26-32-20-12-28-10-9-21(20)37-26)25(33-27)31-19-11-18(13-36-4)23(34)24(19)35/h5-10,12,15,18-19,23-24,34-35H,11,13H2,1-4H3,(H2,29,30,31,33)/t15-,18-,19-,23-,24+/m1/s1. The molecule has 0 aliphatic heterocycles. The summed E-state index contributed by atoms with van der Waals surface area (Å²) >= 11 is 1.54. The number of rotatable bonds is 8. The van der Waals surface area contributed by atoms with Gasteiger partial charge in [-0.2, -0.15) is 4.98 Å². The van der Waals surface area contributed by atoms with Crippen LogP contribution in [0, 0.1) is 19.8 Å². The van der Waals surface area contributed by atoms with E-state index in [0.29, 0.717) is 24.8 Å². The predicted octanol–water partition coefficient (Wildman–Crippen LogP) is 4.11. The lowest BCUT2D eigenvalue weighted by Crippen LogP contribution is -2.36. The third kappa shape index (κ3) is 5.28. The van der Waals surface area contributed by atoms with Gasteiger partial charge in [0.2, 0.25) is 5.95 Å². The Morgan fingerprint density at radius 1 is 1.08 bits per heavy atom. The summed E-state index contributed by atoms with van der Waals surface area (Å²) in [5.41, 5.74) is 4.66. The number of aliphatic hydroxyl groups excluding tert-OH is 2. The molecule has 1 saturated carbocycles. The highest BCUT2D eigenvalue weighted by Gasteiger charge is 2.42. The fraction of sp³-hybridized carbons (Fsp3) is 0.407. The molecule has 4 aromatic rings. The molecule has 1 fully saturated rings. The van der Waals surface area contributed by atoms with Crippen molar-refractivity contribution in [1.82, 2.24) is 19.9 Å². The van der Waals surface area contributed by atoms with E-state index in [9.17, 15) is 10.2 Å². The lowest BCUT2D eigenvalue weighted by Gasteiger charge is -2.22. The summed E-state index contributed by atoms with van der Waals surface area (Å²) in [6.45, 7) is 6.44. The van der Waals surface area contributed by atoms with E-state index in [1.807, 2.05) is 13.0 Å². The van der Waals surface area contributed by atoms with Crippen LogP contribution in [0.2, 0.25) is 0 Å². The van der Waals surface area contributed by atoms with Gasteiger partial charge in [0, 0.05) is 19.2 Å². The molecule has 5 rings (SSSR count). The molecule has 3 heterocycles. The number of ether oxygens (including phenoxy) is 1. The quantitative estimate of drug-likeness (QED) is 0.272. The average Bonchev–Trinajstić information content (AvgIpc) is 3.41. The summed E-state index contributed by atoms with van der Waals surface area (Å²) < 4.78 is 6.27. The maximum absolute atomic E-state index is 10.8. The highest BCUT2D eigenvalue weighted by Crippen LogP contribution is 2.38. The summed E-state index contributed by atoms with van der Waals surface area (Å²) in [6.07, 6.45) is 2.20. The number of hydrogen-bond donors (Lipinski definition) is 4. The highest BCUT2D eigenvalue weighted by atomic mass is 32.1. The second kappa shape index (κ2) is 10.7. The second-order valence-electron chi connectivity index (χ2n) is 9.68. The van der Waals surface area contributed by atoms with Crippen molar-refractivity contribution in [3.8, 4) is 10.6 Å². The van der Waals surface area contributed by atoms with Crippen LogP contribution in [0.5, 0.6) is 0 Å². The van der Waals surface area contributed by atoms with Crippen LogP contribution < -0.4 is 10.6 Å². The van der Waals surface area contributed by atoms with Crippen LogP contribution >= 0.6 is 11.3 Å². The van der Waals surface area contributed by atoms with E-state index in [1.54, 1.807) is 30.8 Å². The summed E-state index contributed by atoms with van der Waals surface area (Å²) in [4.78, 5) is 18.6. The lowest BCUT2D eigenvalue weighted by molar-refractivity contribution is -0.00195. The largest absolute Gasteiger partial charge is 0.390 e. The molecule has 1 aromatic carbocycles. The van der Waals surface area contributed by atoms with Gasteiger partial charge in [0.15, 0.2) is 0 Å². The Kier molecular flexibility index (Phi) is 7.34. The highest BCUT2D eigenvalue weighted by molar-refractivity contribution is 7.21. The Bertz CT molecular complexity index is 1350. The summed E-state index contributed by atoms with van der Waals surface area (Å²) in [7, 11) is 1.60. The van der Waals surface area contributed by atoms with E-state index < -0.39 is 18.2 Å². The van der Waals surface area contributed by atoms with Crippen molar-refractivity contribution < 1.29 is 14.9 Å². The van der Waals surface area contributed by atoms with Crippen molar-refractivity contribution in [2.24, 2.45) is 5.92 Å². The van der Waals surface area contributed by atoms with Gasteiger partial charge in [0.05, 0.1) is 46.9 Å². The van der Waals surface area contributed by atoms with Crippen molar-refractivity contribution in [3.63, 3.8) is 0 Å². The first-order valence-corrected chi connectivity index (χ1v) is 13.2. The average molecular weight is 521 g/mol. The molecule has 194 valence electrons. The minimum absolute atomic E-state index is 0.0165. The van der Waals surface area contributed by atoms with Gasteiger partial charge in [-0.05, 0) is 38.8 Å². The zero-order chi connectivity index (χ0) is 26.1. The van der Waals surface area contributed by atoms with Gasteiger partial charge < -0.3 is 25.6 Å². The lowest BCUT2D eigenvalue weighted by atomic mass is 10.1. The second-order valence-corrected chi connectivity index (χ2v) is 10.7. The zero-order valence-corrected chi connectivity index (χ0v) is 22.2. The Hall–Kier alpha value is -3.18. The number of methoxy groups -OCH3 is 1. The third-order valence-corrected chi connectivity index (χ3v) is 7.98. The topological polar surface area (TPSA) is 125 Å². The minimum Gasteiger partial charge on any atom is -0.390 e. The molecular formula is C27H32N6O3S. The van der Waals surface area contributed by atoms with Gasteiger partial charge in [-0.25, -0.2) is 9.97 Å². The van der Waals surface area contributed by atoms with Crippen LogP contribution in [0.15, 0.2) is 42.7 Å². The molecule has 0 radical (unpaired) electrons. The fourth-order valence-electron chi connectivity index (χ4n) is 4.84. The summed E-state index contributed by atoms with van der Waals surface area (Å²) in [5.74, 6) is 0.866. The van der Waals surface area contributed by atoms with Gasteiger partial charge in [-0.1, -0.05) is 29.8 Å². The number of nitrogens with one attached hydrogen (secondary N) is 2. The van der Waals surface area contributed by atoms with Gasteiger partial charge in [-0.15, -0.1) is 11.3 Å². The van der Waals surface area contributed by atoms with E-state index in [0.717, 1.165) is 32.0 Å². The number of aromatic nitrogens is 4. The fourth-order valence-corrected chi connectivity index (χ4v) is 5.87. The number of pyridine rings is 1. The molecule has 10 heteroatoms. The Balaban J connectivity index is 1.51. The molecule has 0 bridgehead atoms. The van der Waals surface area contributed by atoms with Crippen molar-refractivity contribution in [2.45, 2.75) is 51.5 Å². The smallest absolute Gasteiger partial charge is 0.225 e. The van der Waals surface area contributed by atoms with Gasteiger partial charge in [-0.3, -0.25) is 4.98 Å². The number of anilines is 2. The van der Waals surface area contributed by atoms with Crippen LogP contribution in [0.3, 0.4) is 0 Å². The normalized spacial score (nSPS) is 22.3. The molecule has 0 saturated heterocycles. The number of nitrogens with zero attached hydrogens (tertiary/aromatic N) is 4. The van der Waals surface area contributed by atoms with Gasteiger partial charge in [0.1, 0.15) is 22.4 Å². The Morgan fingerprint density at radius 3 is 2.59 bits per heavy atom. The molecular weight excluding hydrogens is 488 g/mol. The van der Waals surface area contributed by atoms with Crippen LogP contribution in [-0.4, -0.2) is 62.1 Å². The van der Waals surface area contributed by atoms with Crippen molar-refractivity contribution >= 4 is 33.3 Å². The maximum atomic E-state index is 10.8. The summed E-state index contributed by atoms with van der Waals surface area (Å²) in [6, 6.07) is 9.87. The SMILES string of the molecule is COC[C@H]1C[C@@H](Nc2nc(N[C@H](C)c3ccc(C)cc3)nc(C)c2-c2nc3cnccc3s2)[C@H](O)[C@@H]1O. The molecule has 5 atom stereocenters. The van der Waals surface area contributed by atoms with Gasteiger partial charge >= 0.3 is 0 Å². The molecule has 9 nitrogen and oxygen atoms in total. The first-order chi connectivity index (χ1) is 17.8. The maximum Gasteiger partial charge on any atom is 0.225 e. The molecule has 4 N–H and O–H groups in total. The Labute approximate surface area is 220 Å². The predicted molar refractivity (Wildman–Crippen MR) is 146 cm³/mol. The van der Waals surface area contributed by atoms with Crippen molar-refractivity contribution in [3.05, 3.63) is 59.5 Å². The first-order valence-electron chi connectivity index (χ1n) is 12.4. The molecule has 0 spiro atoms. The van der Waals surface area contributed by atoms with E-state index in [4.69, 9.17) is 19.7 Å². The van der Waals surface area contributed by atoms with E-state index in [2.05, 4.69) is 53.7 Å². The van der Waals surface area contributed by atoms with E-state index in [1.165, 1.54) is 5.56 Å². The third-order valence-electron chi connectivity index (χ3n) is 6.92. The number of thiazole rings is 1. The number of hydrogen-bond acceptors (Lipinski definition) is 10.